The highest BCUT2D eigenvalue weighted by molar-refractivity contribution is 6.30. The number of benzene rings is 2. The van der Waals surface area contributed by atoms with Crippen LogP contribution in [0, 0.1) is 17.7 Å². The third-order valence-electron chi connectivity index (χ3n) is 6.11. The number of ketones is 1. The van der Waals surface area contributed by atoms with E-state index in [9.17, 15) is 19.4 Å². The number of aliphatic hydroxyl groups excluding tert-OH is 1. The van der Waals surface area contributed by atoms with E-state index < -0.39 is 17.5 Å². The van der Waals surface area contributed by atoms with E-state index in [0.29, 0.717) is 47.4 Å². The molecular weight excluding hydrogens is 403 g/mol. The monoisotopic (exact) mass is 432 g/mol. The molecule has 3 rings (SSSR count). The van der Waals surface area contributed by atoms with Gasteiger partial charge < -0.3 is 10.2 Å². The van der Waals surface area contributed by atoms with Crippen molar-refractivity contribution in [2.45, 2.75) is 64.1 Å². The lowest BCUT2D eigenvalue weighted by Gasteiger charge is -2.28. The number of halogens is 2. The molecule has 2 aromatic rings. The molecule has 1 saturated carbocycles. The van der Waals surface area contributed by atoms with Crippen molar-refractivity contribution in [3.63, 3.8) is 0 Å². The van der Waals surface area contributed by atoms with Gasteiger partial charge in [-0.05, 0) is 61.3 Å². The molecule has 1 aliphatic carbocycles. The van der Waals surface area contributed by atoms with Crippen LogP contribution in [0.4, 0.5) is 4.39 Å². The standard InChI is InChI=1S/C25H30ClFO3/c1-3-4-19(24(29)25(30)11-12-25)13-16(2)14-23(28)18-7-5-17(6-8-18)21-10-9-20(26)15-22(21)27/h5-10,15-16,19,24,29-30H,3-4,11-14H2,1-2H3. The van der Waals surface area contributed by atoms with Gasteiger partial charge in [-0.1, -0.05) is 56.1 Å². The van der Waals surface area contributed by atoms with E-state index >= 15 is 0 Å². The van der Waals surface area contributed by atoms with Crippen LogP contribution in [-0.4, -0.2) is 27.7 Å². The fraction of sp³-hybridized carbons (Fsp3) is 0.480. The van der Waals surface area contributed by atoms with Crippen molar-refractivity contribution in [1.29, 1.82) is 0 Å². The van der Waals surface area contributed by atoms with Crippen LogP contribution in [0.2, 0.25) is 5.02 Å². The van der Waals surface area contributed by atoms with Gasteiger partial charge in [0.25, 0.3) is 0 Å². The molecule has 2 aromatic carbocycles. The smallest absolute Gasteiger partial charge is 0.163 e. The van der Waals surface area contributed by atoms with Gasteiger partial charge in [0.15, 0.2) is 5.78 Å². The van der Waals surface area contributed by atoms with E-state index in [1.165, 1.54) is 6.07 Å². The number of rotatable bonds is 10. The highest BCUT2D eigenvalue weighted by Crippen LogP contribution is 2.43. The van der Waals surface area contributed by atoms with Crippen LogP contribution in [0.3, 0.4) is 0 Å². The summed E-state index contributed by atoms with van der Waals surface area (Å²) in [5, 5.41) is 21.2. The zero-order chi connectivity index (χ0) is 21.9. The highest BCUT2D eigenvalue weighted by atomic mass is 35.5. The van der Waals surface area contributed by atoms with Gasteiger partial charge in [0.1, 0.15) is 5.82 Å². The van der Waals surface area contributed by atoms with Gasteiger partial charge >= 0.3 is 0 Å². The van der Waals surface area contributed by atoms with Crippen molar-refractivity contribution >= 4 is 17.4 Å². The zero-order valence-corrected chi connectivity index (χ0v) is 18.3. The van der Waals surface area contributed by atoms with Crippen LogP contribution in [0.1, 0.15) is 62.7 Å². The van der Waals surface area contributed by atoms with Crippen molar-refractivity contribution in [2.24, 2.45) is 11.8 Å². The molecule has 0 amide bonds. The highest BCUT2D eigenvalue weighted by Gasteiger charge is 2.49. The summed E-state index contributed by atoms with van der Waals surface area (Å²) in [5.74, 6) is -0.270. The van der Waals surface area contributed by atoms with E-state index in [2.05, 4.69) is 6.92 Å². The molecule has 1 fully saturated rings. The van der Waals surface area contributed by atoms with E-state index in [-0.39, 0.29) is 17.6 Å². The maximum atomic E-state index is 14.1. The van der Waals surface area contributed by atoms with Crippen molar-refractivity contribution < 1.29 is 19.4 Å². The third-order valence-corrected chi connectivity index (χ3v) is 6.34. The average molecular weight is 433 g/mol. The molecule has 2 N–H and O–H groups in total. The Labute approximate surface area is 182 Å². The molecule has 30 heavy (non-hydrogen) atoms. The van der Waals surface area contributed by atoms with Crippen molar-refractivity contribution in [1.82, 2.24) is 0 Å². The summed E-state index contributed by atoms with van der Waals surface area (Å²) < 4.78 is 14.1. The number of hydrogen-bond acceptors (Lipinski definition) is 3. The second-order valence-corrected chi connectivity index (χ2v) is 9.20. The van der Waals surface area contributed by atoms with Crippen molar-refractivity contribution in [3.8, 4) is 11.1 Å². The predicted molar refractivity (Wildman–Crippen MR) is 118 cm³/mol. The second-order valence-electron chi connectivity index (χ2n) is 8.77. The topological polar surface area (TPSA) is 57.5 Å². The molecule has 5 heteroatoms. The van der Waals surface area contributed by atoms with E-state index in [4.69, 9.17) is 11.6 Å². The molecule has 0 spiro atoms. The summed E-state index contributed by atoms with van der Waals surface area (Å²) in [6.45, 7) is 4.08. The molecule has 3 atom stereocenters. The molecule has 0 bridgehead atoms. The molecular formula is C25H30ClFO3. The molecule has 0 saturated heterocycles. The normalized spacial score (nSPS) is 17.9. The fourth-order valence-electron chi connectivity index (χ4n) is 4.23. The minimum atomic E-state index is -0.920. The van der Waals surface area contributed by atoms with Crippen LogP contribution >= 0.6 is 11.6 Å². The molecule has 0 heterocycles. The maximum Gasteiger partial charge on any atom is 0.163 e. The number of carbonyl (C=O) groups excluding carboxylic acids is 1. The van der Waals surface area contributed by atoms with E-state index in [1.807, 2.05) is 6.92 Å². The Morgan fingerprint density at radius 2 is 1.87 bits per heavy atom. The van der Waals surface area contributed by atoms with Crippen LogP contribution in [-0.2, 0) is 0 Å². The average Bonchev–Trinajstić information content (AvgIpc) is 3.46. The molecule has 1 aliphatic rings. The number of hydrogen-bond donors (Lipinski definition) is 2. The lowest BCUT2D eigenvalue weighted by atomic mass is 9.82. The van der Waals surface area contributed by atoms with E-state index in [1.54, 1.807) is 36.4 Å². The van der Waals surface area contributed by atoms with Crippen LogP contribution in [0.25, 0.3) is 11.1 Å². The Bertz CT molecular complexity index is 876. The predicted octanol–water partition coefficient (Wildman–Crippen LogP) is 6.05. The van der Waals surface area contributed by atoms with Crippen molar-refractivity contribution in [3.05, 3.63) is 58.9 Å². The van der Waals surface area contributed by atoms with Crippen LogP contribution in [0.15, 0.2) is 42.5 Å². The fourth-order valence-corrected chi connectivity index (χ4v) is 4.39. The van der Waals surface area contributed by atoms with E-state index in [0.717, 1.165) is 12.8 Å². The SMILES string of the molecule is CCCC(CC(C)CC(=O)c1ccc(-c2ccc(Cl)cc2F)cc1)C(O)C1(O)CC1. The van der Waals surface area contributed by atoms with Gasteiger partial charge in [-0.25, -0.2) is 4.39 Å². The first-order valence-electron chi connectivity index (χ1n) is 10.7. The molecule has 3 unspecified atom stereocenters. The molecule has 0 aromatic heterocycles. The Morgan fingerprint density at radius 1 is 1.20 bits per heavy atom. The quantitative estimate of drug-likeness (QED) is 0.449. The number of Topliss-reactive ketones (excluding diaryl/α,β-unsaturated/α-hetero) is 1. The van der Waals surface area contributed by atoms with Crippen LogP contribution < -0.4 is 0 Å². The number of aliphatic hydroxyl groups is 2. The Balaban J connectivity index is 1.62. The summed E-state index contributed by atoms with van der Waals surface area (Å²) in [6, 6.07) is 11.5. The minimum Gasteiger partial charge on any atom is -0.390 e. The summed E-state index contributed by atoms with van der Waals surface area (Å²) in [5.41, 5.74) is 0.809. The van der Waals surface area contributed by atoms with Gasteiger partial charge in [-0.2, -0.15) is 0 Å². The molecule has 162 valence electrons. The maximum absolute atomic E-state index is 14.1. The molecule has 0 aliphatic heterocycles. The van der Waals surface area contributed by atoms with Crippen molar-refractivity contribution in [2.75, 3.05) is 0 Å². The first kappa shape index (κ1) is 22.9. The second kappa shape index (κ2) is 9.59. The van der Waals surface area contributed by atoms with Gasteiger partial charge in [-0.3, -0.25) is 4.79 Å². The Hall–Kier alpha value is -1.75. The third kappa shape index (κ3) is 5.48. The largest absolute Gasteiger partial charge is 0.390 e. The zero-order valence-electron chi connectivity index (χ0n) is 17.6. The van der Waals surface area contributed by atoms with Gasteiger partial charge in [-0.15, -0.1) is 0 Å². The molecule has 3 nitrogen and oxygen atoms in total. The summed E-state index contributed by atoms with van der Waals surface area (Å²) in [4.78, 5) is 12.7. The lowest BCUT2D eigenvalue weighted by Crippen LogP contribution is -2.36. The van der Waals surface area contributed by atoms with Gasteiger partial charge in [0, 0.05) is 22.6 Å². The molecule has 0 radical (unpaired) electrons. The Kier molecular flexibility index (Phi) is 7.33. The lowest BCUT2D eigenvalue weighted by molar-refractivity contribution is -0.0427. The summed E-state index contributed by atoms with van der Waals surface area (Å²) >= 11 is 5.81. The van der Waals surface area contributed by atoms with Gasteiger partial charge in [0.2, 0.25) is 0 Å². The van der Waals surface area contributed by atoms with Gasteiger partial charge in [0.05, 0.1) is 11.7 Å². The number of carbonyl (C=O) groups is 1. The summed E-state index contributed by atoms with van der Waals surface area (Å²) in [6.07, 6.45) is 3.44. The Morgan fingerprint density at radius 3 is 2.43 bits per heavy atom. The van der Waals surface area contributed by atoms with Crippen LogP contribution in [0.5, 0.6) is 0 Å². The summed E-state index contributed by atoms with van der Waals surface area (Å²) in [7, 11) is 0. The minimum absolute atomic E-state index is 0.000515. The first-order valence-corrected chi connectivity index (χ1v) is 11.1. The first-order chi connectivity index (χ1) is 14.2.